The van der Waals surface area contributed by atoms with Crippen LogP contribution in [0.15, 0.2) is 0 Å². The minimum absolute atomic E-state index is 0.267. The molecule has 3 unspecified atom stereocenters. The highest BCUT2D eigenvalue weighted by Gasteiger charge is 2.47. The van der Waals surface area contributed by atoms with E-state index in [1.807, 2.05) is 0 Å². The zero-order valence-electron chi connectivity index (χ0n) is 11.7. The van der Waals surface area contributed by atoms with E-state index in [9.17, 15) is 0 Å². The number of fused-ring (bicyclic) bond motifs is 2. The highest BCUT2D eigenvalue weighted by Crippen LogP contribution is 2.38. The van der Waals surface area contributed by atoms with Gasteiger partial charge in [0, 0.05) is 31.7 Å². The highest BCUT2D eigenvalue weighted by molar-refractivity contribution is 5.04. The SMILES string of the molecule is CN(C)CCN(C)C1(CN)CCN2CCC1C2. The summed E-state index contributed by atoms with van der Waals surface area (Å²) in [6, 6.07) is 0. The third kappa shape index (κ3) is 2.50. The fourth-order valence-electron chi connectivity index (χ4n) is 3.53. The summed E-state index contributed by atoms with van der Waals surface area (Å²) in [6.07, 6.45) is 2.58. The molecule has 0 radical (unpaired) electrons. The summed E-state index contributed by atoms with van der Waals surface area (Å²) in [5.41, 5.74) is 6.42. The minimum atomic E-state index is 0.267. The van der Waals surface area contributed by atoms with E-state index in [4.69, 9.17) is 5.73 Å². The Labute approximate surface area is 106 Å². The van der Waals surface area contributed by atoms with Crippen molar-refractivity contribution in [2.24, 2.45) is 11.7 Å². The number of piperidine rings is 1. The van der Waals surface area contributed by atoms with Gasteiger partial charge < -0.3 is 15.5 Å². The molecule has 2 bridgehead atoms. The van der Waals surface area contributed by atoms with Crippen LogP contribution in [0.2, 0.25) is 0 Å². The van der Waals surface area contributed by atoms with E-state index in [2.05, 4.69) is 35.8 Å². The molecule has 0 aromatic carbocycles. The first-order valence-electron chi connectivity index (χ1n) is 6.87. The van der Waals surface area contributed by atoms with Gasteiger partial charge in [-0.25, -0.2) is 0 Å². The average molecular weight is 240 g/mol. The Balaban J connectivity index is 2.02. The quantitative estimate of drug-likeness (QED) is 0.728. The Bertz CT molecular complexity index is 256. The van der Waals surface area contributed by atoms with E-state index in [0.717, 1.165) is 25.6 Å². The van der Waals surface area contributed by atoms with Crippen LogP contribution in [0.25, 0.3) is 0 Å². The van der Waals surface area contributed by atoms with E-state index in [0.29, 0.717) is 0 Å². The molecule has 2 N–H and O–H groups in total. The molecule has 2 heterocycles. The second kappa shape index (κ2) is 5.22. The van der Waals surface area contributed by atoms with E-state index >= 15 is 0 Å². The minimum Gasteiger partial charge on any atom is -0.329 e. The van der Waals surface area contributed by atoms with Crippen LogP contribution < -0.4 is 5.73 Å². The summed E-state index contributed by atoms with van der Waals surface area (Å²) in [5.74, 6) is 0.786. The van der Waals surface area contributed by atoms with Gasteiger partial charge in [-0.1, -0.05) is 0 Å². The van der Waals surface area contributed by atoms with Gasteiger partial charge in [0.05, 0.1) is 0 Å². The van der Waals surface area contributed by atoms with Gasteiger partial charge in [-0.2, -0.15) is 0 Å². The van der Waals surface area contributed by atoms with Crippen molar-refractivity contribution in [3.63, 3.8) is 0 Å². The van der Waals surface area contributed by atoms with Crippen LogP contribution in [0.4, 0.5) is 0 Å². The fourth-order valence-corrected chi connectivity index (χ4v) is 3.53. The van der Waals surface area contributed by atoms with Crippen LogP contribution in [0, 0.1) is 5.92 Å². The summed E-state index contributed by atoms with van der Waals surface area (Å²) in [5, 5.41) is 0. The summed E-state index contributed by atoms with van der Waals surface area (Å²) >= 11 is 0. The van der Waals surface area contributed by atoms with Crippen molar-refractivity contribution >= 4 is 0 Å². The molecule has 0 spiro atoms. The lowest BCUT2D eigenvalue weighted by atomic mass is 9.77. The van der Waals surface area contributed by atoms with E-state index < -0.39 is 0 Å². The number of nitrogens with two attached hydrogens (primary N) is 1. The van der Waals surface area contributed by atoms with Crippen LogP contribution in [0.1, 0.15) is 12.8 Å². The Morgan fingerprint density at radius 3 is 2.65 bits per heavy atom. The van der Waals surface area contributed by atoms with Crippen molar-refractivity contribution in [1.29, 1.82) is 0 Å². The molecule has 2 aliphatic rings. The summed E-state index contributed by atoms with van der Waals surface area (Å²) in [7, 11) is 6.55. The molecule has 17 heavy (non-hydrogen) atoms. The van der Waals surface area contributed by atoms with Gasteiger partial charge >= 0.3 is 0 Å². The third-order valence-corrected chi connectivity index (χ3v) is 4.89. The molecule has 100 valence electrons. The molecule has 0 amide bonds. The number of hydrogen-bond acceptors (Lipinski definition) is 4. The molecule has 4 heteroatoms. The molecule has 0 saturated carbocycles. The Morgan fingerprint density at radius 2 is 2.00 bits per heavy atom. The zero-order chi connectivity index (χ0) is 12.5. The molecule has 2 rings (SSSR count). The average Bonchev–Trinajstić information content (AvgIpc) is 2.71. The van der Waals surface area contributed by atoms with Gasteiger partial charge in [0.25, 0.3) is 0 Å². The predicted octanol–water partition coefficient (Wildman–Crippen LogP) is -0.0971. The number of nitrogens with zero attached hydrogens (tertiary/aromatic N) is 3. The van der Waals surface area contributed by atoms with E-state index in [1.165, 1.54) is 32.5 Å². The first kappa shape index (κ1) is 13.3. The molecular formula is C13H28N4. The van der Waals surface area contributed by atoms with Crippen LogP contribution in [-0.4, -0.2) is 80.7 Å². The lowest BCUT2D eigenvalue weighted by Gasteiger charge is -2.49. The molecular weight excluding hydrogens is 212 g/mol. The van der Waals surface area contributed by atoms with Crippen LogP contribution in [0.5, 0.6) is 0 Å². The highest BCUT2D eigenvalue weighted by atomic mass is 15.3. The molecule has 2 fully saturated rings. The number of likely N-dealkylation sites (N-methyl/N-ethyl adjacent to an activating group) is 2. The lowest BCUT2D eigenvalue weighted by Crippen LogP contribution is -2.61. The first-order chi connectivity index (χ1) is 8.08. The van der Waals surface area contributed by atoms with E-state index in [1.54, 1.807) is 0 Å². The normalized spacial score (nSPS) is 37.1. The first-order valence-corrected chi connectivity index (χ1v) is 6.87. The topological polar surface area (TPSA) is 35.7 Å². The zero-order valence-corrected chi connectivity index (χ0v) is 11.7. The largest absolute Gasteiger partial charge is 0.329 e. The van der Waals surface area contributed by atoms with Gasteiger partial charge in [-0.3, -0.25) is 4.90 Å². The lowest BCUT2D eigenvalue weighted by molar-refractivity contribution is 0.0233. The fraction of sp³-hybridized carbons (Fsp3) is 1.00. The standard InChI is InChI=1S/C13H28N4/c1-15(2)8-9-16(3)13(11-14)5-7-17-6-4-12(13)10-17/h12H,4-11,14H2,1-3H3. The third-order valence-electron chi connectivity index (χ3n) is 4.89. The summed E-state index contributed by atoms with van der Waals surface area (Å²) in [4.78, 5) is 7.39. The van der Waals surface area contributed by atoms with Gasteiger partial charge in [0.2, 0.25) is 0 Å². The molecule has 2 saturated heterocycles. The molecule has 2 aliphatic heterocycles. The van der Waals surface area contributed by atoms with Crippen LogP contribution in [-0.2, 0) is 0 Å². The Morgan fingerprint density at radius 1 is 1.24 bits per heavy atom. The predicted molar refractivity (Wildman–Crippen MR) is 72.1 cm³/mol. The Kier molecular flexibility index (Phi) is 4.08. The second-order valence-electron chi connectivity index (χ2n) is 6.07. The van der Waals surface area contributed by atoms with Crippen molar-refractivity contribution in [2.45, 2.75) is 18.4 Å². The maximum atomic E-state index is 6.16. The maximum Gasteiger partial charge on any atom is 0.0382 e. The molecule has 0 aromatic heterocycles. The van der Waals surface area contributed by atoms with Crippen molar-refractivity contribution in [1.82, 2.24) is 14.7 Å². The smallest absolute Gasteiger partial charge is 0.0382 e. The molecule has 0 aliphatic carbocycles. The van der Waals surface area contributed by atoms with Crippen molar-refractivity contribution in [3.8, 4) is 0 Å². The molecule has 0 aromatic rings. The number of hydrogen-bond donors (Lipinski definition) is 1. The van der Waals surface area contributed by atoms with Crippen molar-refractivity contribution in [2.75, 3.05) is 60.4 Å². The van der Waals surface area contributed by atoms with Crippen LogP contribution in [0.3, 0.4) is 0 Å². The van der Waals surface area contributed by atoms with Gasteiger partial charge in [0.15, 0.2) is 0 Å². The van der Waals surface area contributed by atoms with Crippen LogP contribution >= 0.6 is 0 Å². The number of rotatable bonds is 5. The summed E-state index contributed by atoms with van der Waals surface area (Å²) < 4.78 is 0. The van der Waals surface area contributed by atoms with Crippen molar-refractivity contribution < 1.29 is 0 Å². The Hall–Kier alpha value is -0.160. The van der Waals surface area contributed by atoms with Gasteiger partial charge in [0.1, 0.15) is 0 Å². The second-order valence-corrected chi connectivity index (χ2v) is 6.07. The van der Waals surface area contributed by atoms with Gasteiger partial charge in [-0.05, 0) is 53.0 Å². The maximum absolute atomic E-state index is 6.16. The monoisotopic (exact) mass is 240 g/mol. The van der Waals surface area contributed by atoms with E-state index in [-0.39, 0.29) is 5.54 Å². The van der Waals surface area contributed by atoms with Gasteiger partial charge in [-0.15, -0.1) is 0 Å². The summed E-state index contributed by atoms with van der Waals surface area (Å²) in [6.45, 7) is 6.85. The van der Waals surface area contributed by atoms with Crippen molar-refractivity contribution in [3.05, 3.63) is 0 Å². The molecule has 4 nitrogen and oxygen atoms in total. The molecule has 3 atom stereocenters.